The van der Waals surface area contributed by atoms with Gasteiger partial charge in [-0.3, -0.25) is 4.68 Å². The monoisotopic (exact) mass is 345 g/mol. The van der Waals surface area contributed by atoms with Gasteiger partial charge in [0.05, 0.1) is 35.6 Å². The minimum atomic E-state index is -0.0192. The van der Waals surface area contributed by atoms with Crippen LogP contribution in [0.1, 0.15) is 43.8 Å². The van der Waals surface area contributed by atoms with Crippen LogP contribution in [0.5, 0.6) is 0 Å². The highest BCUT2D eigenvalue weighted by molar-refractivity contribution is 9.10. The lowest BCUT2D eigenvalue weighted by Crippen LogP contribution is -2.23. The van der Waals surface area contributed by atoms with Crippen molar-refractivity contribution in [2.24, 2.45) is 5.73 Å². The van der Waals surface area contributed by atoms with E-state index < -0.39 is 0 Å². The molecular formula is C14H24BrN3O2. The summed E-state index contributed by atoms with van der Waals surface area (Å²) in [5.41, 5.74) is 7.40. The number of hydrogen-bond donors (Lipinski definition) is 1. The molecule has 1 aromatic heterocycles. The molecule has 5 nitrogen and oxygen atoms in total. The largest absolute Gasteiger partial charge is 0.383 e. The van der Waals surface area contributed by atoms with Gasteiger partial charge in [-0.2, -0.15) is 5.10 Å². The maximum Gasteiger partial charge on any atom is 0.0694 e. The van der Waals surface area contributed by atoms with E-state index in [0.29, 0.717) is 12.7 Å². The Kier molecular flexibility index (Phi) is 6.48. The van der Waals surface area contributed by atoms with Crippen LogP contribution in [0.15, 0.2) is 10.7 Å². The van der Waals surface area contributed by atoms with Crippen molar-refractivity contribution in [1.82, 2.24) is 9.78 Å². The molecule has 0 spiro atoms. The zero-order chi connectivity index (χ0) is 14.4. The molecule has 1 saturated heterocycles. The number of nitrogens with zero attached hydrogens (tertiary/aromatic N) is 2. The van der Waals surface area contributed by atoms with E-state index in [-0.39, 0.29) is 6.04 Å². The highest BCUT2D eigenvalue weighted by Crippen LogP contribution is 2.27. The van der Waals surface area contributed by atoms with Gasteiger partial charge in [0.15, 0.2) is 0 Å². The molecule has 2 heterocycles. The Morgan fingerprint density at radius 1 is 1.60 bits per heavy atom. The Bertz CT molecular complexity index is 405. The molecule has 6 heteroatoms. The quantitative estimate of drug-likeness (QED) is 0.825. The van der Waals surface area contributed by atoms with Crippen molar-refractivity contribution in [2.75, 3.05) is 20.3 Å². The van der Waals surface area contributed by atoms with Gasteiger partial charge in [-0.25, -0.2) is 0 Å². The average Bonchev–Trinajstić information content (AvgIpc) is 2.84. The van der Waals surface area contributed by atoms with Crippen molar-refractivity contribution in [1.29, 1.82) is 0 Å². The van der Waals surface area contributed by atoms with E-state index in [1.807, 2.05) is 10.9 Å². The fourth-order valence-electron chi connectivity index (χ4n) is 2.63. The molecule has 0 bridgehead atoms. The number of nitrogens with two attached hydrogens (primary N) is 1. The summed E-state index contributed by atoms with van der Waals surface area (Å²) in [7, 11) is 1.69. The molecule has 1 aliphatic rings. The first-order chi connectivity index (χ1) is 9.72. The molecule has 2 rings (SSSR count). The van der Waals surface area contributed by atoms with Gasteiger partial charge in [-0.15, -0.1) is 0 Å². The second-order valence-electron chi connectivity index (χ2n) is 5.27. The van der Waals surface area contributed by atoms with Crippen molar-refractivity contribution < 1.29 is 9.47 Å². The molecule has 0 aromatic carbocycles. The smallest absolute Gasteiger partial charge is 0.0694 e. The first kappa shape index (κ1) is 15.9. The van der Waals surface area contributed by atoms with Crippen LogP contribution >= 0.6 is 15.9 Å². The molecule has 1 fully saturated rings. The summed E-state index contributed by atoms with van der Waals surface area (Å²) in [5.74, 6) is 0. The Morgan fingerprint density at radius 3 is 3.15 bits per heavy atom. The second-order valence-corrected chi connectivity index (χ2v) is 6.12. The summed E-state index contributed by atoms with van der Waals surface area (Å²) < 4.78 is 13.8. The number of ether oxygens (including phenoxy) is 2. The van der Waals surface area contributed by atoms with Gasteiger partial charge >= 0.3 is 0 Å². The minimum Gasteiger partial charge on any atom is -0.383 e. The molecule has 20 heavy (non-hydrogen) atoms. The van der Waals surface area contributed by atoms with Gasteiger partial charge in [-0.1, -0.05) is 0 Å². The molecule has 2 atom stereocenters. The number of methoxy groups -OCH3 is 1. The SMILES string of the molecule is COCCn1ncc(Br)c1C(N)CCC1CCCCO1. The van der Waals surface area contributed by atoms with E-state index in [9.17, 15) is 0 Å². The van der Waals surface area contributed by atoms with E-state index in [2.05, 4.69) is 21.0 Å². The predicted molar refractivity (Wildman–Crippen MR) is 81.6 cm³/mol. The topological polar surface area (TPSA) is 62.3 Å². The number of rotatable bonds is 7. The Hall–Kier alpha value is -0.430. The second kappa shape index (κ2) is 8.12. The molecule has 0 aliphatic carbocycles. The molecule has 0 saturated carbocycles. The minimum absolute atomic E-state index is 0.0192. The summed E-state index contributed by atoms with van der Waals surface area (Å²) in [4.78, 5) is 0. The van der Waals surface area contributed by atoms with Crippen molar-refractivity contribution in [3.8, 4) is 0 Å². The van der Waals surface area contributed by atoms with Gasteiger partial charge in [-0.05, 0) is 48.0 Å². The predicted octanol–water partition coefficient (Wildman–Crippen LogP) is 2.64. The van der Waals surface area contributed by atoms with Crippen LogP contribution in [0.4, 0.5) is 0 Å². The normalized spacial score (nSPS) is 21.1. The van der Waals surface area contributed by atoms with Crippen molar-refractivity contribution in [3.05, 3.63) is 16.4 Å². The number of aromatic nitrogens is 2. The van der Waals surface area contributed by atoms with Crippen LogP contribution in [-0.2, 0) is 16.0 Å². The summed E-state index contributed by atoms with van der Waals surface area (Å²) >= 11 is 3.54. The Balaban J connectivity index is 1.90. The third-order valence-electron chi connectivity index (χ3n) is 3.77. The molecule has 1 aromatic rings. The first-order valence-corrected chi connectivity index (χ1v) is 8.09. The number of halogens is 1. The Morgan fingerprint density at radius 2 is 2.45 bits per heavy atom. The molecule has 1 aliphatic heterocycles. The average molecular weight is 346 g/mol. The Labute approximate surface area is 128 Å². The van der Waals surface area contributed by atoms with Crippen LogP contribution in [0, 0.1) is 0 Å². The van der Waals surface area contributed by atoms with Crippen molar-refractivity contribution in [3.63, 3.8) is 0 Å². The summed E-state index contributed by atoms with van der Waals surface area (Å²) in [6.45, 7) is 2.26. The van der Waals surface area contributed by atoms with E-state index in [1.165, 1.54) is 12.8 Å². The molecule has 2 unspecified atom stereocenters. The van der Waals surface area contributed by atoms with Gasteiger partial charge in [0.1, 0.15) is 0 Å². The maximum atomic E-state index is 6.34. The van der Waals surface area contributed by atoms with E-state index in [1.54, 1.807) is 7.11 Å². The van der Waals surface area contributed by atoms with Crippen LogP contribution in [0.2, 0.25) is 0 Å². The summed E-state index contributed by atoms with van der Waals surface area (Å²) in [6.07, 6.45) is 7.75. The summed E-state index contributed by atoms with van der Waals surface area (Å²) in [5, 5.41) is 4.35. The van der Waals surface area contributed by atoms with E-state index >= 15 is 0 Å². The third kappa shape index (κ3) is 4.28. The lowest BCUT2D eigenvalue weighted by atomic mass is 10.0. The summed E-state index contributed by atoms with van der Waals surface area (Å²) in [6, 6.07) is -0.0192. The van der Waals surface area contributed by atoms with E-state index in [0.717, 1.165) is 42.6 Å². The molecule has 0 amide bonds. The van der Waals surface area contributed by atoms with Gasteiger partial charge in [0.2, 0.25) is 0 Å². The molecule has 0 radical (unpaired) electrons. The lowest BCUT2D eigenvalue weighted by Gasteiger charge is -2.24. The number of hydrogen-bond acceptors (Lipinski definition) is 4. The van der Waals surface area contributed by atoms with E-state index in [4.69, 9.17) is 15.2 Å². The van der Waals surface area contributed by atoms with Gasteiger partial charge in [0.25, 0.3) is 0 Å². The highest BCUT2D eigenvalue weighted by Gasteiger charge is 2.20. The maximum absolute atomic E-state index is 6.34. The fraction of sp³-hybridized carbons (Fsp3) is 0.786. The standard InChI is InChI=1S/C14H24BrN3O2/c1-19-9-7-18-14(12(15)10-17-18)13(16)6-5-11-4-2-3-8-20-11/h10-11,13H,2-9,16H2,1H3. The van der Waals surface area contributed by atoms with Gasteiger partial charge in [0, 0.05) is 19.8 Å². The third-order valence-corrected chi connectivity index (χ3v) is 4.38. The lowest BCUT2D eigenvalue weighted by molar-refractivity contribution is 0.00898. The molecular weight excluding hydrogens is 322 g/mol. The fourth-order valence-corrected chi connectivity index (χ4v) is 3.22. The van der Waals surface area contributed by atoms with Crippen LogP contribution in [-0.4, -0.2) is 36.2 Å². The van der Waals surface area contributed by atoms with Crippen molar-refractivity contribution in [2.45, 2.75) is 50.8 Å². The van der Waals surface area contributed by atoms with Crippen LogP contribution < -0.4 is 5.73 Å². The van der Waals surface area contributed by atoms with Crippen LogP contribution in [0.25, 0.3) is 0 Å². The zero-order valence-electron chi connectivity index (χ0n) is 12.1. The van der Waals surface area contributed by atoms with Crippen molar-refractivity contribution >= 4 is 15.9 Å². The van der Waals surface area contributed by atoms with Gasteiger partial charge < -0.3 is 15.2 Å². The molecule has 2 N–H and O–H groups in total. The molecule has 114 valence electrons. The van der Waals surface area contributed by atoms with Crippen LogP contribution in [0.3, 0.4) is 0 Å². The zero-order valence-corrected chi connectivity index (χ0v) is 13.6. The first-order valence-electron chi connectivity index (χ1n) is 7.29. The highest BCUT2D eigenvalue weighted by atomic mass is 79.9.